The van der Waals surface area contributed by atoms with Crippen LogP contribution in [0.3, 0.4) is 0 Å². The van der Waals surface area contributed by atoms with Crippen molar-refractivity contribution in [1.82, 2.24) is 55.3 Å². The molecule has 4 fully saturated rings. The second-order valence-electron chi connectivity index (χ2n) is 22.3. The van der Waals surface area contributed by atoms with E-state index in [0.29, 0.717) is 79.0 Å². The molecule has 86 heavy (non-hydrogen) atoms. The van der Waals surface area contributed by atoms with Gasteiger partial charge < -0.3 is 18.9 Å². The quantitative estimate of drug-likeness (QED) is 0.0136. The van der Waals surface area contributed by atoms with Crippen molar-refractivity contribution in [3.8, 4) is 45.0 Å². The molecule has 4 heterocycles. The molecule has 28 heteroatoms. The van der Waals surface area contributed by atoms with E-state index in [4.69, 9.17) is 41.1 Å². The summed E-state index contributed by atoms with van der Waals surface area (Å²) in [6, 6.07) is 36.2. The molecule has 0 amide bonds. The number of H-pyrrole nitrogens is 1. The number of aromatic amines is 1. The number of azide groups is 4. The van der Waals surface area contributed by atoms with Crippen LogP contribution in [0.1, 0.15) is 60.8 Å². The molecule has 4 aliphatic carbocycles. The van der Waals surface area contributed by atoms with Gasteiger partial charge >= 0.3 is 0 Å². The molecule has 0 radical (unpaired) electrons. The van der Waals surface area contributed by atoms with Crippen molar-refractivity contribution >= 4 is 0 Å². The predicted octanol–water partition coefficient (Wildman–Crippen LogP) is 9.88. The van der Waals surface area contributed by atoms with Crippen molar-refractivity contribution in [2.75, 3.05) is 79.0 Å². The Hall–Kier alpha value is -9.48. The summed E-state index contributed by atoms with van der Waals surface area (Å²) in [5.74, 6) is 0. The minimum atomic E-state index is -0.262. The Morgan fingerprint density at radius 3 is 1.00 bits per heavy atom. The lowest BCUT2D eigenvalue weighted by atomic mass is 9.32. The van der Waals surface area contributed by atoms with Gasteiger partial charge in [0.05, 0.1) is 91.1 Å². The Morgan fingerprint density at radius 2 is 0.698 bits per heavy atom. The van der Waals surface area contributed by atoms with E-state index in [0.717, 1.165) is 83.6 Å². The van der Waals surface area contributed by atoms with Crippen molar-refractivity contribution < 1.29 is 23.6 Å². The molecule has 4 aliphatic rings. The van der Waals surface area contributed by atoms with Crippen LogP contribution >= 0.6 is 0 Å². The summed E-state index contributed by atoms with van der Waals surface area (Å²) in [6.45, 7) is 6.22. The first-order valence-corrected chi connectivity index (χ1v) is 28.7. The average Bonchev–Trinajstić information content (AvgIpc) is 0.714. The van der Waals surface area contributed by atoms with Crippen LogP contribution in [0, 0.1) is 0 Å². The summed E-state index contributed by atoms with van der Waals surface area (Å²) < 4.78 is 29.8. The molecule has 4 saturated carbocycles. The normalized spacial score (nSPS) is 20.0. The largest absolute Gasteiger partial charge is 0.379 e. The maximum absolute atomic E-state index is 8.61. The molecule has 440 valence electrons. The molecule has 1 N–H and O–H groups in total. The van der Waals surface area contributed by atoms with Gasteiger partial charge in [0.25, 0.3) is 0 Å². The first-order valence-electron chi connectivity index (χ1n) is 28.7. The van der Waals surface area contributed by atoms with Crippen LogP contribution in [-0.4, -0.2) is 134 Å². The van der Waals surface area contributed by atoms with Crippen LogP contribution in [0.5, 0.6) is 0 Å². The molecule has 0 saturated heterocycles. The molecule has 28 nitrogen and oxygen atoms in total. The molecule has 0 aliphatic heterocycles. The summed E-state index contributed by atoms with van der Waals surface area (Å²) >= 11 is 0. The zero-order valence-electron chi connectivity index (χ0n) is 47.5. The Bertz CT molecular complexity index is 3230. The third-order valence-corrected chi connectivity index (χ3v) is 16.9. The summed E-state index contributed by atoms with van der Waals surface area (Å²) in [5, 5.41) is 48.9. The Labute approximate surface area is 493 Å². The Morgan fingerprint density at radius 1 is 0.407 bits per heavy atom. The summed E-state index contributed by atoms with van der Waals surface area (Å²) in [5.41, 5.74) is 45.6. The molecule has 4 aromatic carbocycles. The van der Waals surface area contributed by atoms with Gasteiger partial charge in [-0.1, -0.05) is 138 Å². The summed E-state index contributed by atoms with van der Waals surface area (Å²) in [4.78, 5) is 11.2. The van der Waals surface area contributed by atoms with E-state index in [2.05, 4.69) is 178 Å². The molecule has 4 bridgehead atoms. The van der Waals surface area contributed by atoms with Gasteiger partial charge in [0.1, 0.15) is 23.6 Å². The highest BCUT2D eigenvalue weighted by Gasteiger charge is 2.69. The van der Waals surface area contributed by atoms with Gasteiger partial charge in [-0.25, -0.2) is 14.0 Å². The minimum absolute atomic E-state index is 0.259. The maximum Gasteiger partial charge on any atom is 0.248 e. The smallest absolute Gasteiger partial charge is 0.248 e. The van der Waals surface area contributed by atoms with Gasteiger partial charge in [0, 0.05) is 73.2 Å². The van der Waals surface area contributed by atoms with Gasteiger partial charge in [-0.3, -0.25) is 0 Å². The lowest BCUT2D eigenvalue weighted by molar-refractivity contribution is -0.754. The lowest BCUT2D eigenvalue weighted by Crippen LogP contribution is -2.67. The van der Waals surface area contributed by atoms with Crippen molar-refractivity contribution in [3.05, 3.63) is 186 Å². The fourth-order valence-electron chi connectivity index (χ4n) is 13.7. The van der Waals surface area contributed by atoms with Gasteiger partial charge in [0.15, 0.2) is 6.20 Å². The van der Waals surface area contributed by atoms with Crippen LogP contribution in [0.2, 0.25) is 0 Å². The Kier molecular flexibility index (Phi) is 18.3. The molecule has 8 aromatic rings. The number of aromatic nitrogens is 12. The molecule has 12 rings (SSSR count). The number of rotatable bonds is 32. The molecule has 4 aromatic heterocycles. The summed E-state index contributed by atoms with van der Waals surface area (Å²) in [7, 11) is 0. The van der Waals surface area contributed by atoms with E-state index in [1.54, 1.807) is 14.0 Å². The SMILES string of the molecule is [N-]=[N+]=NCCOCCn1cc(-c2ccc(C34CC5(c6ccc(-c7cn(CCOCCN=[N+]=[N-])nn7)cc6)CC(c6ccc(-c7cn(CCOCCN=[N+]=[N-])nn7)cc6)(C3)CC(c3ccc(-c6c[n+](CCOCCN=[N+]=[N-])[nH]n6)cc3)(C4)C5)cc2)nn1. The molecule has 0 spiro atoms. The van der Waals surface area contributed by atoms with E-state index in [1.807, 2.05) is 29.5 Å². The lowest BCUT2D eigenvalue weighted by Gasteiger charge is -2.71. The van der Waals surface area contributed by atoms with Crippen LogP contribution in [0.4, 0.5) is 0 Å². The third kappa shape index (κ3) is 13.2. The minimum Gasteiger partial charge on any atom is -0.379 e. The van der Waals surface area contributed by atoms with Crippen molar-refractivity contribution in [2.24, 2.45) is 20.5 Å². The standard InChI is InChI=1S/C58H64N24O4/c59-71-63-17-25-83-29-21-79-33-51(67-75-79)43-1-9-47(10-2-43)55-37-56(48-11-3-44(4-12-48)52-34-80(76-68-52)22-30-84-26-18-64-72-60)40-57(38-55,49-13-5-45(6-14-49)53-35-81(77-69-53)23-31-85-27-19-65-73-61)42-58(39-55,41-56)50-15-7-46(8-16-50)54-36-82(78-70-54)24-32-86-28-20-66-74-62/h1-16,33-36H,17-32,37-42H2/p+1. The number of nitrogens with one attached hydrogen (secondary N) is 1. The van der Waals surface area contributed by atoms with Crippen LogP contribution in [0.15, 0.2) is 142 Å². The first kappa shape index (κ1) is 58.3. The van der Waals surface area contributed by atoms with E-state index in [1.165, 1.54) is 22.3 Å². The highest BCUT2D eigenvalue weighted by atomic mass is 16.5. The highest BCUT2D eigenvalue weighted by molar-refractivity contribution is 5.63. The van der Waals surface area contributed by atoms with Gasteiger partial charge in [-0.15, -0.1) is 15.3 Å². The molecule has 0 unspecified atom stereocenters. The fraction of sp³-hybridized carbons (Fsp3) is 0.448. The van der Waals surface area contributed by atoms with Crippen molar-refractivity contribution in [2.45, 2.75) is 86.4 Å². The van der Waals surface area contributed by atoms with Gasteiger partial charge in [0.2, 0.25) is 5.69 Å². The number of benzene rings is 4. The molecular formula is C58H65N24O4+. The zero-order chi connectivity index (χ0) is 59.1. The van der Waals surface area contributed by atoms with Gasteiger partial charge in [-0.05, 0) is 105 Å². The highest BCUT2D eigenvalue weighted by Crippen LogP contribution is 2.75. The summed E-state index contributed by atoms with van der Waals surface area (Å²) in [6.07, 6.45) is 13.5. The second kappa shape index (κ2) is 27.0. The number of hydrogen-bond donors (Lipinski definition) is 1. The van der Waals surface area contributed by atoms with Crippen molar-refractivity contribution in [3.63, 3.8) is 0 Å². The molecular weight excluding hydrogens is 1100 g/mol. The van der Waals surface area contributed by atoms with Crippen LogP contribution in [-0.2, 0) is 66.8 Å². The number of hydrogen-bond acceptors (Lipinski definition) is 15. The third-order valence-electron chi connectivity index (χ3n) is 16.9. The van der Waals surface area contributed by atoms with E-state index in [-0.39, 0.29) is 47.8 Å². The first-order chi connectivity index (χ1) is 42.3. The van der Waals surface area contributed by atoms with E-state index >= 15 is 0 Å². The number of nitrogens with zero attached hydrogens (tertiary/aromatic N) is 23. The predicted molar refractivity (Wildman–Crippen MR) is 314 cm³/mol. The topological polar surface area (TPSA) is 357 Å². The van der Waals surface area contributed by atoms with Crippen molar-refractivity contribution in [1.29, 1.82) is 0 Å². The monoisotopic (exact) mass is 1160 g/mol. The van der Waals surface area contributed by atoms with Gasteiger partial charge in [-0.2, -0.15) is 4.68 Å². The second-order valence-corrected chi connectivity index (χ2v) is 22.3. The van der Waals surface area contributed by atoms with Crippen LogP contribution in [0.25, 0.3) is 86.8 Å². The Balaban J connectivity index is 0.943. The van der Waals surface area contributed by atoms with E-state index in [9.17, 15) is 0 Å². The zero-order valence-corrected chi connectivity index (χ0v) is 47.5. The molecule has 0 atom stereocenters. The number of ether oxygens (including phenoxy) is 4. The fourth-order valence-corrected chi connectivity index (χ4v) is 13.7. The maximum atomic E-state index is 8.61. The average molecular weight is 1160 g/mol. The van der Waals surface area contributed by atoms with E-state index < -0.39 is 0 Å². The van der Waals surface area contributed by atoms with Crippen LogP contribution < -0.4 is 4.68 Å².